The van der Waals surface area contributed by atoms with Gasteiger partial charge in [0.15, 0.2) is 17.7 Å². The highest BCUT2D eigenvalue weighted by Crippen LogP contribution is 2.30. The highest BCUT2D eigenvalue weighted by Gasteiger charge is 2.12. The number of hydrogen-bond acceptors (Lipinski definition) is 6. The van der Waals surface area contributed by atoms with Crippen LogP contribution in [0.3, 0.4) is 0 Å². The van der Waals surface area contributed by atoms with E-state index in [2.05, 4.69) is 5.32 Å². The fourth-order valence-corrected chi connectivity index (χ4v) is 2.29. The lowest BCUT2D eigenvalue weighted by atomic mass is 10.1. The summed E-state index contributed by atoms with van der Waals surface area (Å²) in [4.78, 5) is 0. The summed E-state index contributed by atoms with van der Waals surface area (Å²) in [6.45, 7) is 2.40. The van der Waals surface area contributed by atoms with E-state index in [1.54, 1.807) is 19.2 Å². The average molecular weight is 331 g/mol. The lowest BCUT2D eigenvalue weighted by Gasteiger charge is -2.18. The van der Waals surface area contributed by atoms with Crippen molar-refractivity contribution in [3.63, 3.8) is 0 Å². The van der Waals surface area contributed by atoms with Crippen LogP contribution in [0.25, 0.3) is 0 Å². The fraction of sp³-hybridized carbons (Fsp3) is 0.333. The summed E-state index contributed by atoms with van der Waals surface area (Å²) in [5.41, 5.74) is 14.3. The molecule has 24 heavy (non-hydrogen) atoms. The zero-order valence-corrected chi connectivity index (χ0v) is 14.0. The van der Waals surface area contributed by atoms with Crippen LogP contribution in [0.15, 0.2) is 42.5 Å². The first kappa shape index (κ1) is 18.1. The lowest BCUT2D eigenvalue weighted by molar-refractivity contribution is 0.127. The summed E-state index contributed by atoms with van der Waals surface area (Å²) in [6, 6.07) is 12.9. The van der Waals surface area contributed by atoms with E-state index in [0.717, 1.165) is 16.8 Å². The van der Waals surface area contributed by atoms with Gasteiger partial charge in [-0.15, -0.1) is 0 Å². The number of hydrogen-bond donors (Lipinski definition) is 4. The van der Waals surface area contributed by atoms with Gasteiger partial charge in [-0.25, -0.2) is 0 Å². The Hall–Kier alpha value is -2.28. The third-order valence-corrected chi connectivity index (χ3v) is 3.73. The number of para-hydroxylation sites is 1. The van der Waals surface area contributed by atoms with E-state index in [-0.39, 0.29) is 12.6 Å². The normalized spacial score (nSPS) is 13.2. The second kappa shape index (κ2) is 8.54. The van der Waals surface area contributed by atoms with E-state index < -0.39 is 6.23 Å². The first-order valence-electron chi connectivity index (χ1n) is 7.81. The fourth-order valence-electron chi connectivity index (χ4n) is 2.29. The second-order valence-corrected chi connectivity index (χ2v) is 5.54. The number of aryl methyl sites for hydroxylation is 1. The molecule has 2 unspecified atom stereocenters. The highest BCUT2D eigenvalue weighted by molar-refractivity contribution is 5.50. The van der Waals surface area contributed by atoms with Crippen LogP contribution in [-0.2, 0) is 0 Å². The molecule has 0 aromatic heterocycles. The maximum absolute atomic E-state index is 10.1. The summed E-state index contributed by atoms with van der Waals surface area (Å²) in [7, 11) is 1.56. The number of nitrogens with one attached hydrogen (secondary N) is 1. The SMILES string of the molecule is COc1cc(C(N)CN)ccc1OCC(O)Nc1ccccc1C. The lowest BCUT2D eigenvalue weighted by Crippen LogP contribution is -2.27. The Morgan fingerprint density at radius 2 is 1.92 bits per heavy atom. The number of anilines is 1. The van der Waals surface area contributed by atoms with Gasteiger partial charge in [0.05, 0.1) is 7.11 Å². The van der Waals surface area contributed by atoms with Gasteiger partial charge in [-0.1, -0.05) is 24.3 Å². The predicted octanol–water partition coefficient (Wildman–Crippen LogP) is 1.77. The molecule has 2 aromatic rings. The van der Waals surface area contributed by atoms with Gasteiger partial charge in [0, 0.05) is 18.3 Å². The minimum Gasteiger partial charge on any atom is -0.493 e. The molecule has 2 atom stereocenters. The predicted molar refractivity (Wildman–Crippen MR) is 95.3 cm³/mol. The number of aliphatic hydroxyl groups is 1. The summed E-state index contributed by atoms with van der Waals surface area (Å²) in [5.74, 6) is 1.09. The Morgan fingerprint density at radius 1 is 1.17 bits per heavy atom. The molecule has 0 saturated carbocycles. The Morgan fingerprint density at radius 3 is 2.58 bits per heavy atom. The smallest absolute Gasteiger partial charge is 0.161 e. The van der Waals surface area contributed by atoms with Gasteiger partial charge in [-0.2, -0.15) is 0 Å². The van der Waals surface area contributed by atoms with Gasteiger partial charge in [0.1, 0.15) is 6.61 Å². The van der Waals surface area contributed by atoms with Gasteiger partial charge in [-0.05, 0) is 36.2 Å². The van der Waals surface area contributed by atoms with Crippen molar-refractivity contribution in [3.8, 4) is 11.5 Å². The standard InChI is InChI=1S/C18H25N3O3/c1-12-5-3-4-6-15(12)21-18(22)11-24-16-8-7-13(14(20)10-19)9-17(16)23-2/h3-9,14,18,21-22H,10-11,19-20H2,1-2H3. The van der Waals surface area contributed by atoms with E-state index in [1.165, 1.54) is 0 Å². The molecule has 0 aliphatic rings. The molecule has 0 fully saturated rings. The Bertz CT molecular complexity index is 664. The molecule has 130 valence electrons. The van der Waals surface area contributed by atoms with Gasteiger partial charge < -0.3 is 31.4 Å². The van der Waals surface area contributed by atoms with Crippen LogP contribution in [0.1, 0.15) is 17.2 Å². The average Bonchev–Trinajstić information content (AvgIpc) is 2.61. The maximum atomic E-state index is 10.1. The van der Waals surface area contributed by atoms with Crippen LogP contribution >= 0.6 is 0 Å². The van der Waals surface area contributed by atoms with Crippen LogP contribution in [0, 0.1) is 6.92 Å². The summed E-state index contributed by atoms with van der Waals surface area (Å²) >= 11 is 0. The Labute approximate surface area is 142 Å². The summed E-state index contributed by atoms with van der Waals surface area (Å²) < 4.78 is 11.0. The van der Waals surface area contributed by atoms with Crippen LogP contribution in [0.2, 0.25) is 0 Å². The molecule has 0 bridgehead atoms. The van der Waals surface area contributed by atoms with Crippen LogP contribution in [-0.4, -0.2) is 31.6 Å². The van der Waals surface area contributed by atoms with Crippen molar-refractivity contribution in [1.29, 1.82) is 0 Å². The molecule has 0 aliphatic carbocycles. The topological polar surface area (TPSA) is 103 Å². The number of benzene rings is 2. The monoisotopic (exact) mass is 331 g/mol. The van der Waals surface area contributed by atoms with Crippen molar-refractivity contribution in [2.75, 3.05) is 25.6 Å². The van der Waals surface area contributed by atoms with Crippen molar-refractivity contribution >= 4 is 5.69 Å². The van der Waals surface area contributed by atoms with Gasteiger partial charge in [-0.3, -0.25) is 0 Å². The number of methoxy groups -OCH3 is 1. The molecule has 6 heteroatoms. The highest BCUT2D eigenvalue weighted by atomic mass is 16.5. The van der Waals surface area contributed by atoms with Gasteiger partial charge in [0.25, 0.3) is 0 Å². The van der Waals surface area contributed by atoms with E-state index in [4.69, 9.17) is 20.9 Å². The molecule has 0 spiro atoms. The van der Waals surface area contributed by atoms with Crippen molar-refractivity contribution < 1.29 is 14.6 Å². The molecule has 0 aliphatic heterocycles. The van der Waals surface area contributed by atoms with Gasteiger partial charge in [0.2, 0.25) is 0 Å². The van der Waals surface area contributed by atoms with Crippen LogP contribution in [0.5, 0.6) is 11.5 Å². The van der Waals surface area contributed by atoms with Crippen molar-refractivity contribution in [2.45, 2.75) is 19.2 Å². The van der Waals surface area contributed by atoms with E-state index in [1.807, 2.05) is 37.3 Å². The zero-order valence-electron chi connectivity index (χ0n) is 14.0. The molecule has 2 rings (SSSR count). The first-order valence-corrected chi connectivity index (χ1v) is 7.81. The van der Waals surface area contributed by atoms with E-state index in [9.17, 15) is 5.11 Å². The molecule has 0 heterocycles. The van der Waals surface area contributed by atoms with Crippen molar-refractivity contribution in [3.05, 3.63) is 53.6 Å². The molecular formula is C18H25N3O3. The minimum atomic E-state index is -0.846. The quantitative estimate of drug-likeness (QED) is 0.550. The minimum absolute atomic E-state index is 0.0764. The largest absolute Gasteiger partial charge is 0.493 e. The molecule has 0 radical (unpaired) electrons. The molecule has 2 aromatic carbocycles. The van der Waals surface area contributed by atoms with E-state index in [0.29, 0.717) is 18.0 Å². The second-order valence-electron chi connectivity index (χ2n) is 5.54. The van der Waals surface area contributed by atoms with Crippen molar-refractivity contribution in [2.24, 2.45) is 11.5 Å². The third kappa shape index (κ3) is 4.61. The van der Waals surface area contributed by atoms with Gasteiger partial charge >= 0.3 is 0 Å². The Balaban J connectivity index is 1.99. The molecular weight excluding hydrogens is 306 g/mol. The molecule has 6 N–H and O–H groups in total. The number of ether oxygens (including phenoxy) is 2. The van der Waals surface area contributed by atoms with E-state index >= 15 is 0 Å². The van der Waals surface area contributed by atoms with Crippen molar-refractivity contribution in [1.82, 2.24) is 0 Å². The zero-order chi connectivity index (χ0) is 17.5. The molecule has 0 saturated heterocycles. The van der Waals surface area contributed by atoms with Crippen LogP contribution in [0.4, 0.5) is 5.69 Å². The van der Waals surface area contributed by atoms with Crippen LogP contribution < -0.4 is 26.3 Å². The first-order chi connectivity index (χ1) is 11.5. The maximum Gasteiger partial charge on any atom is 0.161 e. The number of rotatable bonds is 8. The number of nitrogens with two attached hydrogens (primary N) is 2. The molecule has 0 amide bonds. The summed E-state index contributed by atoms with van der Waals surface area (Å²) in [6.07, 6.45) is -0.846. The third-order valence-electron chi connectivity index (χ3n) is 3.73. The Kier molecular flexibility index (Phi) is 6.43. The number of aliphatic hydroxyl groups excluding tert-OH is 1. The molecule has 6 nitrogen and oxygen atoms in total. The summed E-state index contributed by atoms with van der Waals surface area (Å²) in [5, 5.41) is 13.1.